The van der Waals surface area contributed by atoms with Crippen LogP contribution in [0.4, 0.5) is 0 Å². The summed E-state index contributed by atoms with van der Waals surface area (Å²) >= 11 is 0. The Morgan fingerprint density at radius 1 is 1.16 bits per heavy atom. The first-order valence-electron chi connectivity index (χ1n) is 7.66. The molecule has 0 spiro atoms. The van der Waals surface area contributed by atoms with E-state index >= 15 is 0 Å². The van der Waals surface area contributed by atoms with E-state index in [1.165, 1.54) is 48.8 Å². The molecule has 2 nitrogen and oxygen atoms in total. The Balaban J connectivity index is 1.66. The van der Waals surface area contributed by atoms with Crippen molar-refractivity contribution in [1.29, 1.82) is 0 Å². The predicted molar refractivity (Wildman–Crippen MR) is 77.0 cm³/mol. The van der Waals surface area contributed by atoms with Crippen LogP contribution in [0.25, 0.3) is 0 Å². The summed E-state index contributed by atoms with van der Waals surface area (Å²) in [6.07, 6.45) is 8.27. The summed E-state index contributed by atoms with van der Waals surface area (Å²) in [6.45, 7) is 2.10. The van der Waals surface area contributed by atoms with Crippen molar-refractivity contribution in [2.75, 3.05) is 0 Å². The smallest absolute Gasteiger partial charge is 0.223 e. The summed E-state index contributed by atoms with van der Waals surface area (Å²) in [5.74, 6) is 0.516. The van der Waals surface area contributed by atoms with Crippen molar-refractivity contribution in [3.8, 4) is 0 Å². The lowest BCUT2D eigenvalue weighted by molar-refractivity contribution is -0.125. The number of hydrogen-bond acceptors (Lipinski definition) is 1. The van der Waals surface area contributed by atoms with Crippen LogP contribution in [0.1, 0.15) is 61.8 Å². The van der Waals surface area contributed by atoms with Gasteiger partial charge in [0.05, 0.1) is 6.04 Å². The van der Waals surface area contributed by atoms with E-state index in [2.05, 4.69) is 30.4 Å². The predicted octanol–water partition coefficient (Wildman–Crippen LogP) is 3.54. The van der Waals surface area contributed by atoms with Gasteiger partial charge in [0, 0.05) is 5.92 Å². The zero-order valence-corrected chi connectivity index (χ0v) is 11.7. The second kappa shape index (κ2) is 5.36. The Morgan fingerprint density at radius 3 is 2.68 bits per heavy atom. The minimum Gasteiger partial charge on any atom is -0.349 e. The first kappa shape index (κ1) is 12.7. The van der Waals surface area contributed by atoms with Crippen molar-refractivity contribution < 1.29 is 4.79 Å². The maximum Gasteiger partial charge on any atom is 0.223 e. The Labute approximate surface area is 115 Å². The molecule has 1 amide bonds. The van der Waals surface area contributed by atoms with Crippen LogP contribution in [-0.2, 0) is 17.6 Å². The van der Waals surface area contributed by atoms with Gasteiger partial charge in [-0.25, -0.2) is 0 Å². The number of nitrogens with one attached hydrogen (secondary N) is 1. The fourth-order valence-corrected chi connectivity index (χ4v) is 3.46. The molecule has 1 aromatic carbocycles. The van der Waals surface area contributed by atoms with Gasteiger partial charge in [-0.3, -0.25) is 4.79 Å². The van der Waals surface area contributed by atoms with Gasteiger partial charge in [0.25, 0.3) is 0 Å². The molecule has 1 atom stereocenters. The van der Waals surface area contributed by atoms with Crippen molar-refractivity contribution in [1.82, 2.24) is 5.32 Å². The van der Waals surface area contributed by atoms with Gasteiger partial charge < -0.3 is 5.32 Å². The third kappa shape index (κ3) is 2.68. The number of hydrogen-bond donors (Lipinski definition) is 1. The molecule has 0 aromatic heterocycles. The van der Waals surface area contributed by atoms with Crippen molar-refractivity contribution >= 4 is 5.91 Å². The summed E-state index contributed by atoms with van der Waals surface area (Å²) < 4.78 is 0. The van der Waals surface area contributed by atoms with Gasteiger partial charge in [0.1, 0.15) is 0 Å². The van der Waals surface area contributed by atoms with Gasteiger partial charge in [-0.2, -0.15) is 0 Å². The molecule has 1 unspecified atom stereocenters. The third-order valence-corrected chi connectivity index (χ3v) is 4.71. The summed E-state index contributed by atoms with van der Waals surface area (Å²) in [6, 6.07) is 6.86. The zero-order valence-electron chi connectivity index (χ0n) is 11.7. The molecule has 0 saturated heterocycles. The van der Waals surface area contributed by atoms with Crippen LogP contribution < -0.4 is 5.32 Å². The van der Waals surface area contributed by atoms with Gasteiger partial charge in [-0.15, -0.1) is 0 Å². The van der Waals surface area contributed by atoms with Crippen LogP contribution in [0.2, 0.25) is 0 Å². The molecule has 0 heterocycles. The molecule has 1 N–H and O–H groups in total. The Kier molecular flexibility index (Phi) is 3.58. The van der Waals surface area contributed by atoms with Crippen molar-refractivity contribution in [2.24, 2.45) is 5.92 Å². The Morgan fingerprint density at radius 2 is 1.89 bits per heavy atom. The lowest BCUT2D eigenvalue weighted by Gasteiger charge is -2.18. The second-order valence-electron chi connectivity index (χ2n) is 6.09. The number of amides is 1. The Bertz CT molecular complexity index is 474. The third-order valence-electron chi connectivity index (χ3n) is 4.71. The van der Waals surface area contributed by atoms with E-state index in [1.54, 1.807) is 0 Å². The van der Waals surface area contributed by atoms with Crippen LogP contribution in [0.15, 0.2) is 18.2 Å². The lowest BCUT2D eigenvalue weighted by Crippen LogP contribution is -2.31. The van der Waals surface area contributed by atoms with Gasteiger partial charge in [0.15, 0.2) is 0 Å². The SMILES string of the molecule is CC(NC(=O)C1CCCC1)c1ccc2c(c1)CCC2. The first-order valence-corrected chi connectivity index (χ1v) is 7.66. The van der Waals surface area contributed by atoms with Gasteiger partial charge in [0.2, 0.25) is 5.91 Å². The monoisotopic (exact) mass is 257 g/mol. The maximum atomic E-state index is 12.2. The highest BCUT2D eigenvalue weighted by molar-refractivity contribution is 5.79. The number of benzene rings is 1. The summed E-state index contributed by atoms with van der Waals surface area (Å²) in [5.41, 5.74) is 4.24. The standard InChI is InChI=1S/C17H23NO/c1-12(18-17(19)14-5-2-3-6-14)15-10-9-13-7-4-8-16(13)11-15/h9-12,14H,2-8H2,1H3,(H,18,19). The largest absolute Gasteiger partial charge is 0.349 e. The Hall–Kier alpha value is -1.31. The van der Waals surface area contributed by atoms with Crippen LogP contribution in [0, 0.1) is 5.92 Å². The van der Waals surface area contributed by atoms with E-state index in [0.29, 0.717) is 0 Å². The molecule has 2 heteroatoms. The molecule has 1 fully saturated rings. The van der Waals surface area contributed by atoms with Crippen LogP contribution >= 0.6 is 0 Å². The minimum absolute atomic E-state index is 0.138. The number of rotatable bonds is 3. The van der Waals surface area contributed by atoms with Crippen LogP contribution in [0.5, 0.6) is 0 Å². The van der Waals surface area contributed by atoms with E-state index in [9.17, 15) is 4.79 Å². The molecular formula is C17H23NO. The van der Waals surface area contributed by atoms with Gasteiger partial charge in [-0.05, 0) is 55.7 Å². The number of fused-ring (bicyclic) bond motifs is 1. The van der Waals surface area contributed by atoms with E-state index in [0.717, 1.165) is 12.8 Å². The van der Waals surface area contributed by atoms with E-state index < -0.39 is 0 Å². The van der Waals surface area contributed by atoms with Crippen molar-refractivity contribution in [2.45, 2.75) is 57.9 Å². The highest BCUT2D eigenvalue weighted by atomic mass is 16.1. The number of carbonyl (C=O) groups excluding carboxylic acids is 1. The van der Waals surface area contributed by atoms with E-state index in [4.69, 9.17) is 0 Å². The molecule has 0 bridgehead atoms. The highest BCUT2D eigenvalue weighted by Crippen LogP contribution is 2.27. The average Bonchev–Trinajstić information content (AvgIpc) is 3.09. The van der Waals surface area contributed by atoms with Gasteiger partial charge in [-0.1, -0.05) is 31.0 Å². The first-order chi connectivity index (χ1) is 9.24. The molecule has 19 heavy (non-hydrogen) atoms. The van der Waals surface area contributed by atoms with Gasteiger partial charge >= 0.3 is 0 Å². The second-order valence-corrected chi connectivity index (χ2v) is 6.09. The summed E-state index contributed by atoms with van der Waals surface area (Å²) in [5, 5.41) is 3.19. The molecule has 0 radical (unpaired) electrons. The molecule has 0 aliphatic heterocycles. The molecule has 1 aromatic rings. The fraction of sp³-hybridized carbons (Fsp3) is 0.588. The van der Waals surface area contributed by atoms with Crippen molar-refractivity contribution in [3.05, 3.63) is 34.9 Å². The summed E-state index contributed by atoms with van der Waals surface area (Å²) in [4.78, 5) is 12.2. The molecule has 1 saturated carbocycles. The molecule has 102 valence electrons. The lowest BCUT2D eigenvalue weighted by atomic mass is 10.0. The quantitative estimate of drug-likeness (QED) is 0.881. The molecule has 3 rings (SSSR count). The fourth-order valence-electron chi connectivity index (χ4n) is 3.46. The highest BCUT2D eigenvalue weighted by Gasteiger charge is 2.24. The topological polar surface area (TPSA) is 29.1 Å². The van der Waals surface area contributed by atoms with Crippen LogP contribution in [-0.4, -0.2) is 5.91 Å². The zero-order chi connectivity index (χ0) is 13.2. The average molecular weight is 257 g/mol. The normalized spacial score (nSPS) is 20.3. The van der Waals surface area contributed by atoms with E-state index in [1.807, 2.05) is 0 Å². The number of aryl methyl sites for hydroxylation is 2. The minimum atomic E-state index is 0.138. The maximum absolute atomic E-state index is 12.2. The molecule has 2 aliphatic carbocycles. The number of carbonyl (C=O) groups is 1. The van der Waals surface area contributed by atoms with Crippen LogP contribution in [0.3, 0.4) is 0 Å². The molecular weight excluding hydrogens is 234 g/mol. The van der Waals surface area contributed by atoms with E-state index in [-0.39, 0.29) is 17.9 Å². The summed E-state index contributed by atoms with van der Waals surface area (Å²) in [7, 11) is 0. The van der Waals surface area contributed by atoms with Crippen molar-refractivity contribution in [3.63, 3.8) is 0 Å². The molecule has 2 aliphatic rings.